The second-order valence-electron chi connectivity index (χ2n) is 4.84. The van der Waals surface area contributed by atoms with E-state index in [2.05, 4.69) is 6.07 Å². The lowest BCUT2D eigenvalue weighted by molar-refractivity contribution is 0.617. The largest absolute Gasteiger partial charge is 0.330 e. The van der Waals surface area contributed by atoms with Crippen LogP contribution in [0, 0.1) is 17.1 Å². The van der Waals surface area contributed by atoms with Crippen molar-refractivity contribution in [3.63, 3.8) is 0 Å². The molecule has 2 aromatic carbocycles. The van der Waals surface area contributed by atoms with Crippen molar-refractivity contribution in [1.82, 2.24) is 0 Å². The first-order valence-corrected chi connectivity index (χ1v) is 6.67. The van der Waals surface area contributed by atoms with Gasteiger partial charge in [-0.3, -0.25) is 0 Å². The number of nitrogens with two attached hydrogens (primary N) is 1. The molecule has 0 bridgehead atoms. The van der Waals surface area contributed by atoms with Gasteiger partial charge < -0.3 is 5.73 Å². The van der Waals surface area contributed by atoms with Gasteiger partial charge in [-0.05, 0) is 60.7 Å². The zero-order valence-electron chi connectivity index (χ0n) is 11.2. The molecule has 0 saturated carbocycles. The maximum Gasteiger partial charge on any atom is 0.123 e. The highest BCUT2D eigenvalue weighted by atomic mass is 19.1. The normalized spacial score (nSPS) is 11.8. The van der Waals surface area contributed by atoms with E-state index in [-0.39, 0.29) is 11.7 Å². The fourth-order valence-corrected chi connectivity index (χ4v) is 2.35. The molecule has 2 rings (SSSR count). The van der Waals surface area contributed by atoms with Gasteiger partial charge in [-0.15, -0.1) is 0 Å². The minimum atomic E-state index is -0.226. The Morgan fingerprint density at radius 3 is 2.55 bits per heavy atom. The van der Waals surface area contributed by atoms with E-state index in [0.717, 1.165) is 24.0 Å². The summed E-state index contributed by atoms with van der Waals surface area (Å²) in [5.74, 6) is 0.0226. The summed E-state index contributed by atoms with van der Waals surface area (Å²) in [6.45, 7) is 0.586. The molecule has 0 aliphatic rings. The summed E-state index contributed by atoms with van der Waals surface area (Å²) in [5, 5.41) is 8.98. The molecule has 102 valence electrons. The molecule has 2 N–H and O–H groups in total. The molecule has 1 unspecified atom stereocenters. The standard InChI is InChI=1S/C17H17FN2/c18-17-6-4-13(5-7-17)10-16(8-9-19)15-3-1-2-14(11-15)12-20/h1-7,11,16H,8-10,19H2. The predicted molar refractivity (Wildman–Crippen MR) is 77.7 cm³/mol. The van der Waals surface area contributed by atoms with E-state index in [9.17, 15) is 4.39 Å². The van der Waals surface area contributed by atoms with Crippen LogP contribution in [0.5, 0.6) is 0 Å². The maximum atomic E-state index is 12.9. The summed E-state index contributed by atoms with van der Waals surface area (Å²) in [4.78, 5) is 0. The molecule has 0 aliphatic carbocycles. The van der Waals surface area contributed by atoms with Gasteiger partial charge in [0.2, 0.25) is 0 Å². The van der Waals surface area contributed by atoms with Crippen molar-refractivity contribution in [3.05, 3.63) is 71.0 Å². The van der Waals surface area contributed by atoms with Crippen LogP contribution in [0.3, 0.4) is 0 Å². The molecule has 0 fully saturated rings. The smallest absolute Gasteiger partial charge is 0.123 e. The molecule has 20 heavy (non-hydrogen) atoms. The quantitative estimate of drug-likeness (QED) is 0.903. The molecule has 0 radical (unpaired) electrons. The van der Waals surface area contributed by atoms with E-state index in [4.69, 9.17) is 11.0 Å². The highest BCUT2D eigenvalue weighted by Crippen LogP contribution is 2.25. The van der Waals surface area contributed by atoms with Gasteiger partial charge in [0.25, 0.3) is 0 Å². The van der Waals surface area contributed by atoms with Crippen molar-refractivity contribution in [3.8, 4) is 6.07 Å². The van der Waals surface area contributed by atoms with Crippen LogP contribution < -0.4 is 5.73 Å². The maximum absolute atomic E-state index is 12.9. The highest BCUT2D eigenvalue weighted by molar-refractivity contribution is 5.35. The zero-order chi connectivity index (χ0) is 14.4. The number of hydrogen-bond donors (Lipinski definition) is 1. The van der Waals surface area contributed by atoms with Gasteiger partial charge in [0.15, 0.2) is 0 Å². The highest BCUT2D eigenvalue weighted by Gasteiger charge is 2.12. The summed E-state index contributed by atoms with van der Waals surface area (Å²) >= 11 is 0. The van der Waals surface area contributed by atoms with Gasteiger partial charge in [0.05, 0.1) is 11.6 Å². The average molecular weight is 268 g/mol. The summed E-state index contributed by atoms with van der Waals surface area (Å²) in [6, 6.07) is 16.3. The third-order valence-corrected chi connectivity index (χ3v) is 3.40. The molecule has 0 saturated heterocycles. The Morgan fingerprint density at radius 2 is 1.90 bits per heavy atom. The van der Waals surface area contributed by atoms with E-state index in [0.29, 0.717) is 12.1 Å². The van der Waals surface area contributed by atoms with Gasteiger partial charge in [0.1, 0.15) is 5.82 Å². The number of hydrogen-bond acceptors (Lipinski definition) is 2. The first-order valence-electron chi connectivity index (χ1n) is 6.67. The van der Waals surface area contributed by atoms with Crippen LogP contribution in [0.25, 0.3) is 0 Å². The van der Waals surface area contributed by atoms with E-state index in [1.165, 1.54) is 12.1 Å². The van der Waals surface area contributed by atoms with Crippen LogP contribution >= 0.6 is 0 Å². The Hall–Kier alpha value is -2.18. The molecule has 2 aromatic rings. The van der Waals surface area contributed by atoms with Crippen LogP contribution in [0.1, 0.15) is 29.0 Å². The van der Waals surface area contributed by atoms with E-state index in [1.54, 1.807) is 18.2 Å². The Bertz CT molecular complexity index is 599. The molecule has 0 amide bonds. The molecule has 0 aliphatic heterocycles. The number of benzene rings is 2. The molecule has 1 atom stereocenters. The van der Waals surface area contributed by atoms with Crippen LogP contribution in [-0.4, -0.2) is 6.54 Å². The molecular formula is C17H17FN2. The van der Waals surface area contributed by atoms with Crippen molar-refractivity contribution >= 4 is 0 Å². The summed E-state index contributed by atoms with van der Waals surface area (Å²) in [5.41, 5.74) is 8.53. The monoisotopic (exact) mass is 268 g/mol. The number of halogens is 1. The van der Waals surface area contributed by atoms with E-state index >= 15 is 0 Å². The predicted octanol–water partition coefficient (Wildman–Crippen LogP) is 3.37. The Balaban J connectivity index is 2.22. The van der Waals surface area contributed by atoms with Gasteiger partial charge in [0, 0.05) is 0 Å². The third-order valence-electron chi connectivity index (χ3n) is 3.40. The van der Waals surface area contributed by atoms with Crippen LogP contribution in [0.15, 0.2) is 48.5 Å². The number of nitriles is 1. The average Bonchev–Trinajstić information content (AvgIpc) is 2.49. The fourth-order valence-electron chi connectivity index (χ4n) is 2.35. The molecule has 3 heteroatoms. The lowest BCUT2D eigenvalue weighted by Crippen LogP contribution is -2.10. The zero-order valence-corrected chi connectivity index (χ0v) is 11.2. The Morgan fingerprint density at radius 1 is 1.15 bits per heavy atom. The van der Waals surface area contributed by atoms with Crippen LogP contribution in [0.2, 0.25) is 0 Å². The van der Waals surface area contributed by atoms with Gasteiger partial charge in [-0.1, -0.05) is 24.3 Å². The minimum Gasteiger partial charge on any atom is -0.330 e. The van der Waals surface area contributed by atoms with Crippen LogP contribution in [0.4, 0.5) is 4.39 Å². The fraction of sp³-hybridized carbons (Fsp3) is 0.235. The Kier molecular flexibility index (Phi) is 4.86. The lowest BCUT2D eigenvalue weighted by atomic mass is 9.88. The topological polar surface area (TPSA) is 49.8 Å². The van der Waals surface area contributed by atoms with Gasteiger partial charge >= 0.3 is 0 Å². The van der Waals surface area contributed by atoms with Crippen molar-refractivity contribution in [2.24, 2.45) is 5.73 Å². The molecule has 2 nitrogen and oxygen atoms in total. The van der Waals surface area contributed by atoms with Crippen molar-refractivity contribution in [1.29, 1.82) is 5.26 Å². The first-order chi connectivity index (χ1) is 9.72. The molecule has 0 heterocycles. The molecule has 0 spiro atoms. The number of rotatable bonds is 5. The van der Waals surface area contributed by atoms with Crippen LogP contribution in [-0.2, 0) is 6.42 Å². The third kappa shape index (κ3) is 3.66. The number of nitrogens with zero attached hydrogens (tertiary/aromatic N) is 1. The second kappa shape index (κ2) is 6.83. The van der Waals surface area contributed by atoms with E-state index < -0.39 is 0 Å². The van der Waals surface area contributed by atoms with Crippen molar-refractivity contribution < 1.29 is 4.39 Å². The molecular weight excluding hydrogens is 251 g/mol. The van der Waals surface area contributed by atoms with Gasteiger partial charge in [-0.25, -0.2) is 4.39 Å². The molecule has 0 aromatic heterocycles. The lowest BCUT2D eigenvalue weighted by Gasteiger charge is -2.17. The minimum absolute atomic E-state index is 0.226. The SMILES string of the molecule is N#Cc1cccc(C(CCN)Cc2ccc(F)cc2)c1. The van der Waals surface area contributed by atoms with Crippen molar-refractivity contribution in [2.45, 2.75) is 18.8 Å². The second-order valence-corrected chi connectivity index (χ2v) is 4.84. The van der Waals surface area contributed by atoms with E-state index in [1.807, 2.05) is 18.2 Å². The summed E-state index contributed by atoms with van der Waals surface area (Å²) in [6.07, 6.45) is 1.64. The first kappa shape index (κ1) is 14.2. The summed E-state index contributed by atoms with van der Waals surface area (Å²) in [7, 11) is 0. The van der Waals surface area contributed by atoms with Crippen molar-refractivity contribution in [2.75, 3.05) is 6.54 Å². The van der Waals surface area contributed by atoms with Gasteiger partial charge in [-0.2, -0.15) is 5.26 Å². The summed E-state index contributed by atoms with van der Waals surface area (Å²) < 4.78 is 12.9. The Labute approximate surface area is 118 Å².